The Morgan fingerprint density at radius 3 is 2.81 bits per heavy atom. The molecule has 0 bridgehead atoms. The molecule has 0 aromatic heterocycles. The molecule has 0 saturated heterocycles. The van der Waals surface area contributed by atoms with Crippen LogP contribution in [0.4, 0.5) is 5.69 Å². The van der Waals surface area contributed by atoms with Crippen LogP contribution in [-0.4, -0.2) is 11.0 Å². The number of hydrogen-bond acceptors (Lipinski definition) is 2. The third-order valence-electron chi connectivity index (χ3n) is 2.07. The number of anilines is 1. The van der Waals surface area contributed by atoms with Crippen LogP contribution in [0.3, 0.4) is 0 Å². The van der Waals surface area contributed by atoms with Crippen molar-refractivity contribution in [3.05, 3.63) is 27.2 Å². The topological polar surface area (TPSA) is 49.3 Å². The van der Waals surface area contributed by atoms with Gasteiger partial charge >= 0.3 is 0 Å². The molecular formula is C11H13BrClNO2. The molecule has 1 rings (SSSR count). The summed E-state index contributed by atoms with van der Waals surface area (Å²) in [7, 11) is 0. The largest absolute Gasteiger partial charge is 0.392 e. The Kier molecular flexibility index (Phi) is 5.25. The minimum Gasteiger partial charge on any atom is -0.392 e. The number of carbonyl (C=O) groups excluding carboxylic acids is 1. The van der Waals surface area contributed by atoms with E-state index in [1.807, 2.05) is 6.92 Å². The van der Waals surface area contributed by atoms with Gasteiger partial charge in [0, 0.05) is 22.1 Å². The molecule has 0 unspecified atom stereocenters. The van der Waals surface area contributed by atoms with Crippen molar-refractivity contribution in [1.82, 2.24) is 0 Å². The van der Waals surface area contributed by atoms with Gasteiger partial charge in [0.1, 0.15) is 0 Å². The number of amides is 1. The van der Waals surface area contributed by atoms with Crippen molar-refractivity contribution in [3.8, 4) is 0 Å². The maximum absolute atomic E-state index is 11.4. The van der Waals surface area contributed by atoms with Crippen LogP contribution in [0, 0.1) is 0 Å². The number of aliphatic hydroxyl groups is 1. The van der Waals surface area contributed by atoms with E-state index in [4.69, 9.17) is 16.7 Å². The van der Waals surface area contributed by atoms with Gasteiger partial charge in [-0.3, -0.25) is 4.79 Å². The first kappa shape index (κ1) is 13.5. The molecule has 2 N–H and O–H groups in total. The van der Waals surface area contributed by atoms with Crippen LogP contribution < -0.4 is 5.32 Å². The van der Waals surface area contributed by atoms with E-state index in [2.05, 4.69) is 21.2 Å². The highest BCUT2D eigenvalue weighted by atomic mass is 79.9. The summed E-state index contributed by atoms with van der Waals surface area (Å²) in [5.41, 5.74) is 1.20. The van der Waals surface area contributed by atoms with Crippen molar-refractivity contribution in [1.29, 1.82) is 0 Å². The fourth-order valence-corrected chi connectivity index (χ4v) is 1.83. The van der Waals surface area contributed by atoms with E-state index in [1.165, 1.54) is 0 Å². The summed E-state index contributed by atoms with van der Waals surface area (Å²) in [4.78, 5) is 11.4. The molecule has 1 amide bonds. The van der Waals surface area contributed by atoms with Crippen LogP contribution in [0.5, 0.6) is 0 Å². The standard InChI is InChI=1S/C11H13BrClNO2/c1-2-3-11(16)14-10-5-9(13)8(12)4-7(10)6-15/h4-5,15H,2-3,6H2,1H3,(H,14,16). The van der Waals surface area contributed by atoms with Gasteiger partial charge in [0.15, 0.2) is 0 Å². The maximum atomic E-state index is 11.4. The Balaban J connectivity index is 2.94. The van der Waals surface area contributed by atoms with Gasteiger partial charge in [-0.2, -0.15) is 0 Å². The van der Waals surface area contributed by atoms with Gasteiger partial charge in [0.25, 0.3) is 0 Å². The minimum atomic E-state index is -0.141. The third-order valence-corrected chi connectivity index (χ3v) is 3.26. The summed E-state index contributed by atoms with van der Waals surface area (Å²) in [6.45, 7) is 1.79. The first-order valence-corrected chi connectivity index (χ1v) is 6.14. The Morgan fingerprint density at radius 2 is 2.25 bits per heavy atom. The first-order chi connectivity index (χ1) is 7.58. The predicted molar refractivity (Wildman–Crippen MR) is 68.6 cm³/mol. The van der Waals surface area contributed by atoms with Crippen LogP contribution in [0.2, 0.25) is 5.02 Å². The molecule has 0 fully saturated rings. The lowest BCUT2D eigenvalue weighted by Gasteiger charge is -2.10. The number of rotatable bonds is 4. The summed E-state index contributed by atoms with van der Waals surface area (Å²) in [6.07, 6.45) is 1.24. The number of nitrogens with one attached hydrogen (secondary N) is 1. The number of hydrogen-bond donors (Lipinski definition) is 2. The molecule has 1 aromatic rings. The smallest absolute Gasteiger partial charge is 0.224 e. The van der Waals surface area contributed by atoms with E-state index >= 15 is 0 Å². The van der Waals surface area contributed by atoms with E-state index in [-0.39, 0.29) is 12.5 Å². The van der Waals surface area contributed by atoms with Gasteiger partial charge in [-0.05, 0) is 34.5 Å². The highest BCUT2D eigenvalue weighted by Gasteiger charge is 2.09. The molecule has 16 heavy (non-hydrogen) atoms. The van der Waals surface area contributed by atoms with Crippen LogP contribution in [-0.2, 0) is 11.4 Å². The third kappa shape index (κ3) is 3.47. The second kappa shape index (κ2) is 6.23. The minimum absolute atomic E-state index is 0.0735. The number of halogens is 2. The van der Waals surface area contributed by atoms with E-state index in [0.29, 0.717) is 27.2 Å². The molecule has 0 heterocycles. The Labute approximate surface area is 108 Å². The summed E-state index contributed by atoms with van der Waals surface area (Å²) >= 11 is 9.19. The molecule has 88 valence electrons. The fourth-order valence-electron chi connectivity index (χ4n) is 1.27. The van der Waals surface area contributed by atoms with Crippen molar-refractivity contribution < 1.29 is 9.90 Å². The molecule has 1 aromatic carbocycles. The molecule has 0 aliphatic rings. The van der Waals surface area contributed by atoms with Gasteiger partial charge in [-0.15, -0.1) is 0 Å². The van der Waals surface area contributed by atoms with E-state index < -0.39 is 0 Å². The van der Waals surface area contributed by atoms with Gasteiger partial charge < -0.3 is 10.4 Å². The van der Waals surface area contributed by atoms with Crippen molar-refractivity contribution in [2.75, 3.05) is 5.32 Å². The molecule has 3 nitrogen and oxygen atoms in total. The zero-order chi connectivity index (χ0) is 12.1. The number of carbonyl (C=O) groups is 1. The average Bonchev–Trinajstić information content (AvgIpc) is 2.23. The van der Waals surface area contributed by atoms with Gasteiger partial charge in [0.05, 0.1) is 11.6 Å². The lowest BCUT2D eigenvalue weighted by atomic mass is 10.2. The van der Waals surface area contributed by atoms with E-state index in [0.717, 1.165) is 6.42 Å². The summed E-state index contributed by atoms with van der Waals surface area (Å²) in [5, 5.41) is 12.4. The van der Waals surface area contributed by atoms with Crippen LogP contribution >= 0.6 is 27.5 Å². The van der Waals surface area contributed by atoms with Crippen LogP contribution in [0.15, 0.2) is 16.6 Å². The molecule has 0 radical (unpaired) electrons. The quantitative estimate of drug-likeness (QED) is 0.896. The molecular weight excluding hydrogens is 293 g/mol. The van der Waals surface area contributed by atoms with Crippen molar-refractivity contribution in [2.24, 2.45) is 0 Å². The monoisotopic (exact) mass is 305 g/mol. The van der Waals surface area contributed by atoms with Gasteiger partial charge in [-0.1, -0.05) is 18.5 Å². The van der Waals surface area contributed by atoms with Crippen molar-refractivity contribution in [2.45, 2.75) is 26.4 Å². The Bertz CT molecular complexity index is 396. The highest BCUT2D eigenvalue weighted by molar-refractivity contribution is 9.10. The summed E-state index contributed by atoms with van der Waals surface area (Å²) in [5.74, 6) is -0.0735. The van der Waals surface area contributed by atoms with Crippen molar-refractivity contribution >= 4 is 39.1 Å². The average molecular weight is 307 g/mol. The molecule has 0 spiro atoms. The van der Waals surface area contributed by atoms with Crippen LogP contribution in [0.1, 0.15) is 25.3 Å². The Morgan fingerprint density at radius 1 is 1.56 bits per heavy atom. The van der Waals surface area contributed by atoms with Gasteiger partial charge in [0.2, 0.25) is 5.91 Å². The number of aliphatic hydroxyl groups excluding tert-OH is 1. The predicted octanol–water partition coefficient (Wildman–Crippen LogP) is 3.33. The van der Waals surface area contributed by atoms with E-state index in [1.54, 1.807) is 12.1 Å². The molecule has 0 aliphatic heterocycles. The normalized spacial score (nSPS) is 10.2. The fraction of sp³-hybridized carbons (Fsp3) is 0.364. The molecule has 5 heteroatoms. The van der Waals surface area contributed by atoms with Crippen LogP contribution in [0.25, 0.3) is 0 Å². The lowest BCUT2D eigenvalue weighted by Crippen LogP contribution is -2.12. The van der Waals surface area contributed by atoms with E-state index in [9.17, 15) is 4.79 Å². The SMILES string of the molecule is CCCC(=O)Nc1cc(Cl)c(Br)cc1CO. The maximum Gasteiger partial charge on any atom is 0.224 e. The molecule has 0 aliphatic carbocycles. The summed E-state index contributed by atoms with van der Waals surface area (Å²) < 4.78 is 0.701. The highest BCUT2D eigenvalue weighted by Crippen LogP contribution is 2.29. The van der Waals surface area contributed by atoms with Crippen molar-refractivity contribution in [3.63, 3.8) is 0 Å². The summed E-state index contributed by atoms with van der Waals surface area (Å²) in [6, 6.07) is 3.33. The first-order valence-electron chi connectivity index (χ1n) is 4.97. The second-order valence-corrected chi connectivity index (χ2v) is 4.64. The van der Waals surface area contributed by atoms with Gasteiger partial charge in [-0.25, -0.2) is 0 Å². The zero-order valence-electron chi connectivity index (χ0n) is 8.89. The molecule has 0 atom stereocenters. The second-order valence-electron chi connectivity index (χ2n) is 3.38. The Hall–Kier alpha value is -0.580. The lowest BCUT2D eigenvalue weighted by molar-refractivity contribution is -0.116. The molecule has 0 saturated carbocycles. The zero-order valence-corrected chi connectivity index (χ0v) is 11.2. The number of benzene rings is 1.